The van der Waals surface area contributed by atoms with Gasteiger partial charge in [-0.1, -0.05) is 6.07 Å². The minimum Gasteiger partial charge on any atom is -0.387 e. The van der Waals surface area contributed by atoms with E-state index in [1.54, 1.807) is 18.7 Å². The molecule has 2 aromatic heterocycles. The Labute approximate surface area is 113 Å². The largest absolute Gasteiger partial charge is 0.387 e. The highest BCUT2D eigenvalue weighted by Gasteiger charge is 2.09. The zero-order chi connectivity index (χ0) is 13.5. The summed E-state index contributed by atoms with van der Waals surface area (Å²) in [4.78, 5) is 11.1. The van der Waals surface area contributed by atoms with E-state index < -0.39 is 6.10 Å². The van der Waals surface area contributed by atoms with Crippen LogP contribution in [0.2, 0.25) is 0 Å². The molecule has 2 unspecified atom stereocenters. The first-order chi connectivity index (χ1) is 9.25. The van der Waals surface area contributed by atoms with E-state index in [0.29, 0.717) is 12.6 Å². The van der Waals surface area contributed by atoms with Gasteiger partial charge in [-0.15, -0.1) is 0 Å². The van der Waals surface area contributed by atoms with Gasteiger partial charge in [0, 0.05) is 42.4 Å². The van der Waals surface area contributed by atoms with Crippen molar-refractivity contribution >= 4 is 0 Å². The molecule has 2 heterocycles. The zero-order valence-electron chi connectivity index (χ0n) is 11.1. The highest BCUT2D eigenvalue weighted by molar-refractivity contribution is 5.12. The van der Waals surface area contributed by atoms with Crippen molar-refractivity contribution in [3.63, 3.8) is 0 Å². The molecular formula is C14H20N4O. The SMILES string of the molecule is CC(CCc1cnc[nH]1)NCC(O)c1cccnc1. The lowest BCUT2D eigenvalue weighted by molar-refractivity contribution is 0.169. The average Bonchev–Trinajstić information content (AvgIpc) is 2.96. The number of imidazole rings is 1. The molecule has 2 atom stereocenters. The van der Waals surface area contributed by atoms with Crippen LogP contribution in [0.3, 0.4) is 0 Å². The van der Waals surface area contributed by atoms with Gasteiger partial charge in [-0.25, -0.2) is 4.98 Å². The molecule has 0 aliphatic carbocycles. The third kappa shape index (κ3) is 4.46. The molecule has 0 amide bonds. The van der Waals surface area contributed by atoms with Crippen LogP contribution in [-0.2, 0) is 6.42 Å². The number of H-pyrrole nitrogens is 1. The van der Waals surface area contributed by atoms with Crippen LogP contribution in [0.25, 0.3) is 0 Å². The quantitative estimate of drug-likeness (QED) is 0.704. The molecule has 0 aliphatic heterocycles. The molecule has 0 fully saturated rings. The third-order valence-electron chi connectivity index (χ3n) is 3.13. The van der Waals surface area contributed by atoms with E-state index >= 15 is 0 Å². The zero-order valence-corrected chi connectivity index (χ0v) is 11.1. The molecule has 5 heteroatoms. The maximum absolute atomic E-state index is 10.0. The number of aliphatic hydroxyl groups excluding tert-OH is 1. The standard InChI is InChI=1S/C14H20N4O/c1-11(4-5-13-8-16-10-18-13)17-9-14(19)12-3-2-6-15-7-12/h2-3,6-8,10-11,14,17,19H,4-5,9H2,1H3,(H,16,18). The first kappa shape index (κ1) is 13.7. The number of aliphatic hydroxyl groups is 1. The Morgan fingerprint density at radius 2 is 2.26 bits per heavy atom. The fourth-order valence-corrected chi connectivity index (χ4v) is 1.90. The van der Waals surface area contributed by atoms with Crippen LogP contribution in [0.5, 0.6) is 0 Å². The second-order valence-corrected chi connectivity index (χ2v) is 4.73. The Hall–Kier alpha value is -1.72. The Morgan fingerprint density at radius 1 is 1.37 bits per heavy atom. The highest BCUT2D eigenvalue weighted by Crippen LogP contribution is 2.10. The fourth-order valence-electron chi connectivity index (χ4n) is 1.90. The molecule has 19 heavy (non-hydrogen) atoms. The molecule has 102 valence electrons. The summed E-state index contributed by atoms with van der Waals surface area (Å²) < 4.78 is 0. The normalized spacial score (nSPS) is 14.2. The smallest absolute Gasteiger partial charge is 0.0929 e. The third-order valence-corrected chi connectivity index (χ3v) is 3.13. The summed E-state index contributed by atoms with van der Waals surface area (Å²) in [6, 6.07) is 4.06. The van der Waals surface area contributed by atoms with Crippen molar-refractivity contribution in [3.8, 4) is 0 Å². The summed E-state index contributed by atoms with van der Waals surface area (Å²) in [5, 5.41) is 13.3. The van der Waals surface area contributed by atoms with Crippen molar-refractivity contribution in [3.05, 3.63) is 48.3 Å². The first-order valence-corrected chi connectivity index (χ1v) is 6.54. The van der Waals surface area contributed by atoms with Gasteiger partial charge in [-0.3, -0.25) is 4.98 Å². The summed E-state index contributed by atoms with van der Waals surface area (Å²) in [6.45, 7) is 2.65. The number of nitrogens with one attached hydrogen (secondary N) is 2. The highest BCUT2D eigenvalue weighted by atomic mass is 16.3. The Morgan fingerprint density at radius 3 is 2.95 bits per heavy atom. The molecule has 0 saturated carbocycles. The van der Waals surface area contributed by atoms with Gasteiger partial charge < -0.3 is 15.4 Å². The van der Waals surface area contributed by atoms with Gasteiger partial charge in [0.1, 0.15) is 0 Å². The predicted molar refractivity (Wildman–Crippen MR) is 73.6 cm³/mol. The van der Waals surface area contributed by atoms with Crippen LogP contribution in [0.1, 0.15) is 30.7 Å². The minimum absolute atomic E-state index is 0.342. The van der Waals surface area contributed by atoms with E-state index in [1.807, 2.05) is 18.3 Å². The van der Waals surface area contributed by atoms with E-state index in [4.69, 9.17) is 0 Å². The van der Waals surface area contributed by atoms with Crippen molar-refractivity contribution in [1.29, 1.82) is 0 Å². The number of pyridine rings is 1. The van der Waals surface area contributed by atoms with Crippen molar-refractivity contribution in [2.24, 2.45) is 0 Å². The van der Waals surface area contributed by atoms with Crippen molar-refractivity contribution in [2.75, 3.05) is 6.54 Å². The fraction of sp³-hybridized carbons (Fsp3) is 0.429. The van der Waals surface area contributed by atoms with Crippen molar-refractivity contribution < 1.29 is 5.11 Å². The molecule has 0 aliphatic rings. The predicted octanol–water partition coefficient (Wildman–Crippen LogP) is 1.45. The lowest BCUT2D eigenvalue weighted by atomic mass is 10.1. The number of rotatable bonds is 7. The van der Waals surface area contributed by atoms with Gasteiger partial charge in [0.25, 0.3) is 0 Å². The molecule has 3 N–H and O–H groups in total. The van der Waals surface area contributed by atoms with Crippen LogP contribution in [0, 0.1) is 0 Å². The number of hydrogen-bond donors (Lipinski definition) is 3. The molecule has 2 rings (SSSR count). The second-order valence-electron chi connectivity index (χ2n) is 4.73. The van der Waals surface area contributed by atoms with Crippen molar-refractivity contribution in [1.82, 2.24) is 20.3 Å². The van der Waals surface area contributed by atoms with Gasteiger partial charge in [-0.05, 0) is 25.8 Å². The van der Waals surface area contributed by atoms with Crippen LogP contribution in [0.4, 0.5) is 0 Å². The monoisotopic (exact) mass is 260 g/mol. The van der Waals surface area contributed by atoms with E-state index in [2.05, 4.69) is 27.2 Å². The summed E-state index contributed by atoms with van der Waals surface area (Å²) in [6.07, 6.45) is 8.39. The van der Waals surface area contributed by atoms with Crippen LogP contribution in [-0.4, -0.2) is 32.6 Å². The first-order valence-electron chi connectivity index (χ1n) is 6.54. The van der Waals surface area contributed by atoms with Crippen LogP contribution < -0.4 is 5.32 Å². The van der Waals surface area contributed by atoms with Gasteiger partial charge in [-0.2, -0.15) is 0 Å². The van der Waals surface area contributed by atoms with Gasteiger partial charge in [0.05, 0.1) is 12.4 Å². The molecular weight excluding hydrogens is 240 g/mol. The van der Waals surface area contributed by atoms with Crippen molar-refractivity contribution in [2.45, 2.75) is 31.9 Å². The lowest BCUT2D eigenvalue weighted by Gasteiger charge is -2.16. The Balaban J connectivity index is 1.70. The number of nitrogens with zero attached hydrogens (tertiary/aromatic N) is 2. The summed E-state index contributed by atoms with van der Waals surface area (Å²) in [7, 11) is 0. The van der Waals surface area contributed by atoms with Crippen LogP contribution >= 0.6 is 0 Å². The molecule has 0 radical (unpaired) electrons. The molecule has 5 nitrogen and oxygen atoms in total. The van der Waals surface area contributed by atoms with E-state index in [9.17, 15) is 5.11 Å². The maximum atomic E-state index is 10.0. The van der Waals surface area contributed by atoms with Gasteiger partial charge in [0.2, 0.25) is 0 Å². The number of aryl methyl sites for hydroxylation is 1. The summed E-state index contributed by atoms with van der Waals surface area (Å²) in [5.74, 6) is 0. The number of aromatic amines is 1. The topological polar surface area (TPSA) is 73.8 Å². The second kappa shape index (κ2) is 7.01. The molecule has 0 spiro atoms. The summed E-state index contributed by atoms with van der Waals surface area (Å²) in [5.41, 5.74) is 1.98. The lowest BCUT2D eigenvalue weighted by Crippen LogP contribution is -2.30. The van der Waals surface area contributed by atoms with Crippen LogP contribution in [0.15, 0.2) is 37.1 Å². The van der Waals surface area contributed by atoms with Gasteiger partial charge >= 0.3 is 0 Å². The maximum Gasteiger partial charge on any atom is 0.0929 e. The molecule has 2 aromatic rings. The Bertz CT molecular complexity index is 458. The van der Waals surface area contributed by atoms with E-state index in [0.717, 1.165) is 24.1 Å². The summed E-state index contributed by atoms with van der Waals surface area (Å²) >= 11 is 0. The van der Waals surface area contributed by atoms with E-state index in [1.165, 1.54) is 0 Å². The minimum atomic E-state index is -0.511. The van der Waals surface area contributed by atoms with Gasteiger partial charge in [0.15, 0.2) is 0 Å². The molecule has 0 saturated heterocycles. The number of hydrogen-bond acceptors (Lipinski definition) is 4. The number of aromatic nitrogens is 3. The molecule has 0 bridgehead atoms. The Kier molecular flexibility index (Phi) is 5.06. The van der Waals surface area contributed by atoms with E-state index in [-0.39, 0.29) is 0 Å². The average molecular weight is 260 g/mol. The molecule has 0 aromatic carbocycles.